The Balaban J connectivity index is 2.02. The maximum Gasteiger partial charge on any atom is 0.106 e. The van der Waals surface area contributed by atoms with Crippen LogP contribution in [0, 0.1) is 6.92 Å². The molecule has 3 N–H and O–H groups in total. The zero-order valence-corrected chi connectivity index (χ0v) is 11.1. The number of aromatic nitrogens is 1. The van der Waals surface area contributed by atoms with E-state index in [1.54, 1.807) is 0 Å². The molecular formula is C12H18BrN3. The number of nitrogens with zero attached hydrogens (tertiary/aromatic N) is 1. The molecular weight excluding hydrogens is 266 g/mol. The summed E-state index contributed by atoms with van der Waals surface area (Å²) in [6.45, 7) is 2.02. The summed E-state index contributed by atoms with van der Waals surface area (Å²) in [5.41, 5.74) is 8.14. The largest absolute Gasteiger partial charge is 0.381 e. The highest BCUT2D eigenvalue weighted by molar-refractivity contribution is 9.10. The summed E-state index contributed by atoms with van der Waals surface area (Å²) in [5.74, 6) is 0. The number of hydrogen-bond acceptors (Lipinski definition) is 3. The van der Waals surface area contributed by atoms with E-state index in [2.05, 4.69) is 32.3 Å². The van der Waals surface area contributed by atoms with Crippen LogP contribution in [0.4, 0.5) is 5.69 Å². The third kappa shape index (κ3) is 2.95. The van der Waals surface area contributed by atoms with Crippen LogP contribution in [0.5, 0.6) is 0 Å². The van der Waals surface area contributed by atoms with E-state index in [0.717, 1.165) is 28.8 Å². The molecule has 16 heavy (non-hydrogen) atoms. The maximum atomic E-state index is 5.98. The molecule has 0 aromatic carbocycles. The van der Waals surface area contributed by atoms with Crippen LogP contribution in [0.15, 0.2) is 16.7 Å². The molecule has 2 rings (SSSR count). The monoisotopic (exact) mass is 283 g/mol. The second kappa shape index (κ2) is 5.15. The highest BCUT2D eigenvalue weighted by Gasteiger charge is 2.19. The van der Waals surface area contributed by atoms with Crippen LogP contribution < -0.4 is 11.1 Å². The van der Waals surface area contributed by atoms with Crippen LogP contribution in [0.2, 0.25) is 0 Å². The Hall–Kier alpha value is -0.610. The van der Waals surface area contributed by atoms with Crippen molar-refractivity contribution >= 4 is 21.6 Å². The van der Waals surface area contributed by atoms with Crippen LogP contribution >= 0.6 is 15.9 Å². The van der Waals surface area contributed by atoms with Crippen LogP contribution in [0.1, 0.15) is 31.4 Å². The van der Waals surface area contributed by atoms with Crippen molar-refractivity contribution in [3.05, 3.63) is 22.4 Å². The van der Waals surface area contributed by atoms with Crippen molar-refractivity contribution in [2.45, 2.75) is 44.7 Å². The molecule has 88 valence electrons. The minimum atomic E-state index is 0.356. The predicted molar refractivity (Wildman–Crippen MR) is 70.5 cm³/mol. The Morgan fingerprint density at radius 1 is 1.44 bits per heavy atom. The van der Waals surface area contributed by atoms with Crippen molar-refractivity contribution in [1.29, 1.82) is 0 Å². The van der Waals surface area contributed by atoms with Gasteiger partial charge in [-0.1, -0.05) is 0 Å². The summed E-state index contributed by atoms with van der Waals surface area (Å²) in [4.78, 5) is 4.38. The minimum Gasteiger partial charge on any atom is -0.381 e. The smallest absolute Gasteiger partial charge is 0.106 e. The molecule has 1 aliphatic carbocycles. The zero-order chi connectivity index (χ0) is 11.5. The van der Waals surface area contributed by atoms with Gasteiger partial charge in [0.1, 0.15) is 4.60 Å². The molecule has 1 saturated carbocycles. The molecule has 0 aliphatic heterocycles. The highest BCUT2D eigenvalue weighted by Crippen LogP contribution is 2.23. The first-order chi connectivity index (χ1) is 7.65. The van der Waals surface area contributed by atoms with Crippen LogP contribution in [0.3, 0.4) is 0 Å². The summed E-state index contributed by atoms with van der Waals surface area (Å²) >= 11 is 3.37. The Morgan fingerprint density at radius 3 is 2.94 bits per heavy atom. The molecule has 0 radical (unpaired) electrons. The number of anilines is 1. The number of nitrogens with one attached hydrogen (secondary N) is 1. The van der Waals surface area contributed by atoms with Crippen LogP contribution in [-0.2, 0) is 0 Å². The lowest BCUT2D eigenvalue weighted by molar-refractivity contribution is 0.409. The first-order valence-corrected chi connectivity index (χ1v) is 6.59. The van der Waals surface area contributed by atoms with Gasteiger partial charge in [-0.3, -0.25) is 0 Å². The molecule has 1 aliphatic rings. The first kappa shape index (κ1) is 11.9. The second-order valence-electron chi connectivity index (χ2n) is 4.53. The molecule has 1 aromatic heterocycles. The van der Waals surface area contributed by atoms with Gasteiger partial charge in [0.15, 0.2) is 0 Å². The molecule has 4 heteroatoms. The fraction of sp³-hybridized carbons (Fsp3) is 0.583. The molecule has 1 aromatic rings. The average molecular weight is 284 g/mol. The third-order valence-corrected chi connectivity index (χ3v) is 3.57. The zero-order valence-electron chi connectivity index (χ0n) is 9.54. The van der Waals surface area contributed by atoms with Gasteiger partial charge in [0.2, 0.25) is 0 Å². The summed E-state index contributed by atoms with van der Waals surface area (Å²) in [6, 6.07) is 4.91. The van der Waals surface area contributed by atoms with E-state index in [9.17, 15) is 0 Å². The van der Waals surface area contributed by atoms with Gasteiger partial charge in [0.25, 0.3) is 0 Å². The van der Waals surface area contributed by atoms with Gasteiger partial charge in [-0.2, -0.15) is 0 Å². The number of rotatable bonds is 2. The average Bonchev–Trinajstić information content (AvgIpc) is 2.22. The van der Waals surface area contributed by atoms with Crippen LogP contribution in [-0.4, -0.2) is 17.1 Å². The fourth-order valence-corrected chi connectivity index (χ4v) is 2.66. The number of aryl methyl sites for hydroxylation is 1. The van der Waals surface area contributed by atoms with Gasteiger partial charge >= 0.3 is 0 Å². The van der Waals surface area contributed by atoms with E-state index in [4.69, 9.17) is 5.73 Å². The van der Waals surface area contributed by atoms with E-state index in [1.165, 1.54) is 12.8 Å². The summed E-state index contributed by atoms with van der Waals surface area (Å²) in [6.07, 6.45) is 4.66. The highest BCUT2D eigenvalue weighted by atomic mass is 79.9. The van der Waals surface area contributed by atoms with Crippen molar-refractivity contribution in [3.8, 4) is 0 Å². The number of pyridine rings is 1. The lowest BCUT2D eigenvalue weighted by Crippen LogP contribution is -2.35. The van der Waals surface area contributed by atoms with Gasteiger partial charge in [0.05, 0.1) is 11.4 Å². The molecule has 0 saturated heterocycles. The van der Waals surface area contributed by atoms with E-state index in [1.807, 2.05) is 13.0 Å². The molecule has 0 bridgehead atoms. The summed E-state index contributed by atoms with van der Waals surface area (Å²) < 4.78 is 0.885. The SMILES string of the molecule is Cc1nc(Br)ccc1NC1CCCC(N)C1. The van der Waals surface area contributed by atoms with Gasteiger partial charge in [-0.15, -0.1) is 0 Å². The molecule has 0 amide bonds. The van der Waals surface area contributed by atoms with Crippen molar-refractivity contribution < 1.29 is 0 Å². The molecule has 3 nitrogen and oxygen atoms in total. The van der Waals surface area contributed by atoms with Crippen molar-refractivity contribution in [3.63, 3.8) is 0 Å². The van der Waals surface area contributed by atoms with Crippen molar-refractivity contribution in [1.82, 2.24) is 4.98 Å². The molecule has 1 fully saturated rings. The number of hydrogen-bond donors (Lipinski definition) is 2. The Morgan fingerprint density at radius 2 is 2.25 bits per heavy atom. The van der Waals surface area contributed by atoms with Crippen molar-refractivity contribution in [2.24, 2.45) is 5.73 Å². The number of nitrogens with two attached hydrogens (primary N) is 1. The van der Waals surface area contributed by atoms with Gasteiger partial charge in [-0.05, 0) is 60.7 Å². The lowest BCUT2D eigenvalue weighted by Gasteiger charge is -2.28. The van der Waals surface area contributed by atoms with E-state index in [-0.39, 0.29) is 0 Å². The van der Waals surface area contributed by atoms with Gasteiger partial charge in [-0.25, -0.2) is 4.98 Å². The van der Waals surface area contributed by atoms with Gasteiger partial charge in [0, 0.05) is 12.1 Å². The molecule has 2 unspecified atom stereocenters. The Labute approximate surface area is 105 Å². The van der Waals surface area contributed by atoms with E-state index in [0.29, 0.717) is 12.1 Å². The molecule has 0 spiro atoms. The molecule has 1 heterocycles. The first-order valence-electron chi connectivity index (χ1n) is 5.80. The normalized spacial score (nSPS) is 25.4. The van der Waals surface area contributed by atoms with E-state index >= 15 is 0 Å². The quantitative estimate of drug-likeness (QED) is 0.821. The predicted octanol–water partition coefficient (Wildman–Crippen LogP) is 2.83. The minimum absolute atomic E-state index is 0.356. The Bertz CT molecular complexity index is 367. The second-order valence-corrected chi connectivity index (χ2v) is 5.35. The van der Waals surface area contributed by atoms with Crippen LogP contribution in [0.25, 0.3) is 0 Å². The van der Waals surface area contributed by atoms with E-state index < -0.39 is 0 Å². The summed E-state index contributed by atoms with van der Waals surface area (Å²) in [7, 11) is 0. The van der Waals surface area contributed by atoms with Crippen molar-refractivity contribution in [2.75, 3.05) is 5.32 Å². The standard InChI is InChI=1S/C12H18BrN3/c1-8-11(5-6-12(13)15-8)16-10-4-2-3-9(14)7-10/h5-6,9-10,16H,2-4,7,14H2,1H3. The lowest BCUT2D eigenvalue weighted by atomic mass is 9.91. The maximum absolute atomic E-state index is 5.98. The van der Waals surface area contributed by atoms with Gasteiger partial charge < -0.3 is 11.1 Å². The third-order valence-electron chi connectivity index (χ3n) is 3.13. The summed E-state index contributed by atoms with van der Waals surface area (Å²) in [5, 5.41) is 3.54. The fourth-order valence-electron chi connectivity index (χ4n) is 2.26. The molecule has 2 atom stereocenters. The topological polar surface area (TPSA) is 50.9 Å². The Kier molecular flexibility index (Phi) is 3.82. The number of halogens is 1.